The van der Waals surface area contributed by atoms with E-state index in [1.54, 1.807) is 19.2 Å². The molecule has 0 aliphatic carbocycles. The number of methoxy groups -OCH3 is 1. The Hall–Kier alpha value is -2.52. The van der Waals surface area contributed by atoms with Crippen molar-refractivity contribution in [2.24, 2.45) is 0 Å². The van der Waals surface area contributed by atoms with Gasteiger partial charge in [0.1, 0.15) is 18.5 Å². The van der Waals surface area contributed by atoms with Crippen molar-refractivity contribution < 1.29 is 27.8 Å². The molecule has 1 fully saturated rings. The first-order valence-corrected chi connectivity index (χ1v) is 9.31. The first-order valence-electron chi connectivity index (χ1n) is 9.31. The lowest BCUT2D eigenvalue weighted by molar-refractivity contribution is -0.137. The van der Waals surface area contributed by atoms with E-state index in [9.17, 15) is 18.3 Å². The summed E-state index contributed by atoms with van der Waals surface area (Å²) in [5, 5.41) is 10.3. The Morgan fingerprint density at radius 3 is 2.34 bits per heavy atom. The zero-order valence-electron chi connectivity index (χ0n) is 16.1. The SMILES string of the molecule is COc1ccccc1OC[C@H](O)CN1CCN(c2ccc(C(F)(F)F)cn2)CC1. The van der Waals surface area contributed by atoms with Crippen LogP contribution >= 0.6 is 0 Å². The van der Waals surface area contributed by atoms with Crippen LogP contribution in [0, 0.1) is 0 Å². The van der Waals surface area contributed by atoms with Gasteiger partial charge in [-0.05, 0) is 24.3 Å². The third-order valence-electron chi connectivity index (χ3n) is 4.74. The summed E-state index contributed by atoms with van der Waals surface area (Å²) in [7, 11) is 1.56. The molecule has 1 atom stereocenters. The van der Waals surface area contributed by atoms with Gasteiger partial charge < -0.3 is 19.5 Å². The van der Waals surface area contributed by atoms with E-state index < -0.39 is 17.8 Å². The average Bonchev–Trinajstić information content (AvgIpc) is 2.72. The van der Waals surface area contributed by atoms with Crippen LogP contribution in [0.15, 0.2) is 42.6 Å². The fraction of sp³-hybridized carbons (Fsp3) is 0.450. The molecule has 0 saturated carbocycles. The molecule has 1 aliphatic rings. The fourth-order valence-electron chi connectivity index (χ4n) is 3.18. The minimum atomic E-state index is -4.38. The van der Waals surface area contributed by atoms with E-state index in [0.717, 1.165) is 12.3 Å². The summed E-state index contributed by atoms with van der Waals surface area (Å²) in [6.07, 6.45) is -4.19. The van der Waals surface area contributed by atoms with E-state index in [4.69, 9.17) is 9.47 Å². The molecule has 1 aromatic carbocycles. The summed E-state index contributed by atoms with van der Waals surface area (Å²) in [4.78, 5) is 7.97. The Bertz CT molecular complexity index is 779. The molecule has 0 radical (unpaired) electrons. The highest BCUT2D eigenvalue weighted by atomic mass is 19.4. The molecule has 29 heavy (non-hydrogen) atoms. The van der Waals surface area contributed by atoms with Crippen LogP contribution in [0.2, 0.25) is 0 Å². The molecule has 0 spiro atoms. The number of hydrogen-bond donors (Lipinski definition) is 1. The number of rotatable bonds is 7. The van der Waals surface area contributed by atoms with Crippen molar-refractivity contribution in [3.8, 4) is 11.5 Å². The van der Waals surface area contributed by atoms with Crippen LogP contribution < -0.4 is 14.4 Å². The Morgan fingerprint density at radius 2 is 1.76 bits per heavy atom. The number of anilines is 1. The number of hydrogen-bond acceptors (Lipinski definition) is 6. The fourth-order valence-corrected chi connectivity index (χ4v) is 3.18. The van der Waals surface area contributed by atoms with Crippen LogP contribution in [0.4, 0.5) is 19.0 Å². The lowest BCUT2D eigenvalue weighted by Crippen LogP contribution is -2.49. The van der Waals surface area contributed by atoms with Crippen LogP contribution in [0.3, 0.4) is 0 Å². The van der Waals surface area contributed by atoms with Gasteiger partial charge in [-0.3, -0.25) is 4.90 Å². The Balaban J connectivity index is 1.44. The molecule has 6 nitrogen and oxygen atoms in total. The highest BCUT2D eigenvalue weighted by Gasteiger charge is 2.31. The van der Waals surface area contributed by atoms with Crippen molar-refractivity contribution in [1.82, 2.24) is 9.88 Å². The maximum atomic E-state index is 12.6. The summed E-state index contributed by atoms with van der Waals surface area (Å²) >= 11 is 0. The highest BCUT2D eigenvalue weighted by Crippen LogP contribution is 2.29. The summed E-state index contributed by atoms with van der Waals surface area (Å²) in [5.74, 6) is 1.71. The highest BCUT2D eigenvalue weighted by molar-refractivity contribution is 5.40. The van der Waals surface area contributed by atoms with E-state index in [-0.39, 0.29) is 6.61 Å². The number of piperazine rings is 1. The van der Waals surface area contributed by atoms with Crippen molar-refractivity contribution in [2.45, 2.75) is 12.3 Å². The minimum Gasteiger partial charge on any atom is -0.493 e. The molecule has 0 amide bonds. The first kappa shape index (κ1) is 21.2. The number of nitrogens with zero attached hydrogens (tertiary/aromatic N) is 3. The largest absolute Gasteiger partial charge is 0.493 e. The first-order chi connectivity index (χ1) is 13.9. The molecule has 9 heteroatoms. The third kappa shape index (κ3) is 5.74. The predicted molar refractivity (Wildman–Crippen MR) is 102 cm³/mol. The second-order valence-corrected chi connectivity index (χ2v) is 6.81. The molecule has 2 heterocycles. The smallest absolute Gasteiger partial charge is 0.417 e. The summed E-state index contributed by atoms with van der Waals surface area (Å²) < 4.78 is 48.8. The van der Waals surface area contributed by atoms with Gasteiger partial charge in [0.2, 0.25) is 0 Å². The van der Waals surface area contributed by atoms with Gasteiger partial charge in [0.05, 0.1) is 12.7 Å². The summed E-state index contributed by atoms with van der Waals surface area (Å²) in [6, 6.07) is 9.69. The van der Waals surface area contributed by atoms with Crippen molar-refractivity contribution >= 4 is 5.82 Å². The van der Waals surface area contributed by atoms with Crippen molar-refractivity contribution in [2.75, 3.05) is 51.3 Å². The van der Waals surface area contributed by atoms with Gasteiger partial charge in [-0.1, -0.05) is 12.1 Å². The lowest BCUT2D eigenvalue weighted by atomic mass is 10.2. The number of alkyl halides is 3. The molecule has 2 aromatic rings. The van der Waals surface area contributed by atoms with Crippen LogP contribution in [0.5, 0.6) is 11.5 Å². The predicted octanol–water partition coefficient (Wildman–Crippen LogP) is 2.67. The minimum absolute atomic E-state index is 0.140. The van der Waals surface area contributed by atoms with Crippen molar-refractivity contribution in [3.05, 3.63) is 48.2 Å². The second-order valence-electron chi connectivity index (χ2n) is 6.81. The molecule has 0 unspecified atom stereocenters. The molecular formula is C20H24F3N3O3. The van der Waals surface area contributed by atoms with Crippen molar-refractivity contribution in [3.63, 3.8) is 0 Å². The van der Waals surface area contributed by atoms with Gasteiger partial charge in [-0.2, -0.15) is 13.2 Å². The molecule has 1 aromatic heterocycles. The normalized spacial score (nSPS) is 16.5. The van der Waals surface area contributed by atoms with Gasteiger partial charge in [0.25, 0.3) is 0 Å². The second kappa shape index (κ2) is 9.32. The Labute approximate surface area is 167 Å². The molecule has 1 aliphatic heterocycles. The van der Waals surface area contributed by atoms with E-state index in [0.29, 0.717) is 50.0 Å². The third-order valence-corrected chi connectivity index (χ3v) is 4.74. The van der Waals surface area contributed by atoms with Gasteiger partial charge in [-0.25, -0.2) is 4.98 Å². The summed E-state index contributed by atoms with van der Waals surface area (Å²) in [5.41, 5.74) is -0.752. The van der Waals surface area contributed by atoms with Crippen LogP contribution in [-0.4, -0.2) is 67.5 Å². The summed E-state index contributed by atoms with van der Waals surface area (Å²) in [6.45, 7) is 3.18. The zero-order valence-corrected chi connectivity index (χ0v) is 16.1. The molecule has 0 bridgehead atoms. The van der Waals surface area contributed by atoms with Crippen LogP contribution in [0.1, 0.15) is 5.56 Å². The topological polar surface area (TPSA) is 58.1 Å². The number of pyridine rings is 1. The number of benzene rings is 1. The number of aromatic nitrogens is 1. The zero-order chi connectivity index (χ0) is 20.9. The van der Waals surface area contributed by atoms with E-state index in [2.05, 4.69) is 9.88 Å². The van der Waals surface area contributed by atoms with E-state index in [1.807, 2.05) is 17.0 Å². The maximum Gasteiger partial charge on any atom is 0.417 e. The van der Waals surface area contributed by atoms with Crippen LogP contribution in [0.25, 0.3) is 0 Å². The number of para-hydroxylation sites is 2. The molecule has 158 valence electrons. The molecule has 3 rings (SSSR count). The number of halogens is 3. The standard InChI is InChI=1S/C20H24F3N3O3/c1-28-17-4-2-3-5-18(17)29-14-16(27)13-25-8-10-26(11-9-25)19-7-6-15(12-24-19)20(21,22)23/h2-7,12,16,27H,8-11,13-14H2,1H3/t16-/m1/s1. The number of aliphatic hydroxyl groups is 1. The lowest BCUT2D eigenvalue weighted by Gasteiger charge is -2.36. The average molecular weight is 411 g/mol. The monoisotopic (exact) mass is 411 g/mol. The number of β-amino-alcohol motifs (C(OH)–C–C–N with tert-alkyl or cyclic N) is 1. The van der Waals surface area contributed by atoms with Gasteiger partial charge >= 0.3 is 6.18 Å². The van der Waals surface area contributed by atoms with Gasteiger partial charge in [0.15, 0.2) is 11.5 Å². The molecule has 1 saturated heterocycles. The van der Waals surface area contributed by atoms with Gasteiger partial charge in [-0.15, -0.1) is 0 Å². The Kier molecular flexibility index (Phi) is 6.81. The van der Waals surface area contributed by atoms with E-state index in [1.165, 1.54) is 6.07 Å². The molecular weight excluding hydrogens is 387 g/mol. The maximum absolute atomic E-state index is 12.6. The van der Waals surface area contributed by atoms with Crippen LogP contribution in [-0.2, 0) is 6.18 Å². The van der Waals surface area contributed by atoms with E-state index >= 15 is 0 Å². The number of aliphatic hydroxyl groups excluding tert-OH is 1. The number of ether oxygens (including phenoxy) is 2. The Morgan fingerprint density at radius 1 is 1.07 bits per heavy atom. The molecule has 1 N–H and O–H groups in total. The quantitative estimate of drug-likeness (QED) is 0.756. The van der Waals surface area contributed by atoms with Gasteiger partial charge in [0, 0.05) is 38.9 Å². The van der Waals surface area contributed by atoms with Crippen molar-refractivity contribution in [1.29, 1.82) is 0 Å².